The smallest absolute Gasteiger partial charge is 0.223 e. The Morgan fingerprint density at radius 3 is 3.07 bits per heavy atom. The molecule has 0 aliphatic heterocycles. The molecule has 0 aliphatic rings. The molecule has 0 bridgehead atoms. The van der Waals surface area contributed by atoms with E-state index >= 15 is 0 Å². The highest BCUT2D eigenvalue weighted by molar-refractivity contribution is 5.79. The fraction of sp³-hybridized carbons (Fsp3) is 0.571. The number of oxime groups is 1. The Hall–Kier alpha value is -1.63. The Kier molecular flexibility index (Phi) is 3.86. The van der Waals surface area contributed by atoms with Crippen LogP contribution in [0.3, 0.4) is 0 Å². The van der Waals surface area contributed by atoms with Gasteiger partial charge in [0.25, 0.3) is 0 Å². The summed E-state index contributed by atoms with van der Waals surface area (Å²) in [6.07, 6.45) is 0.479. The first-order chi connectivity index (χ1) is 6.72. The quantitative estimate of drug-likeness (QED) is 0.196. The minimum atomic E-state index is 0.196. The van der Waals surface area contributed by atoms with Crippen molar-refractivity contribution < 1.29 is 9.73 Å². The zero-order valence-electron chi connectivity index (χ0n) is 7.90. The normalized spacial score (nSPS) is 11.9. The summed E-state index contributed by atoms with van der Waals surface area (Å²) in [6.45, 7) is 2.84. The van der Waals surface area contributed by atoms with Gasteiger partial charge in [0, 0.05) is 19.9 Å². The molecule has 0 aliphatic carbocycles. The third-order valence-corrected chi connectivity index (χ3v) is 1.54. The maximum absolute atomic E-state index is 8.25. The molecule has 1 aromatic heterocycles. The molecule has 0 atom stereocenters. The van der Waals surface area contributed by atoms with E-state index in [4.69, 9.17) is 15.5 Å². The van der Waals surface area contributed by atoms with Crippen LogP contribution in [-0.4, -0.2) is 27.7 Å². The summed E-state index contributed by atoms with van der Waals surface area (Å²) in [7, 11) is 0. The fourth-order valence-corrected chi connectivity index (χ4v) is 0.880. The van der Waals surface area contributed by atoms with Crippen LogP contribution in [0.5, 0.6) is 0 Å². The molecule has 78 valence electrons. The summed E-state index contributed by atoms with van der Waals surface area (Å²) in [6, 6.07) is 0. The van der Waals surface area contributed by atoms with Crippen molar-refractivity contribution in [3.05, 3.63) is 11.7 Å². The lowest BCUT2D eigenvalue weighted by Crippen LogP contribution is -2.22. The molecular weight excluding hydrogens is 186 g/mol. The molecule has 14 heavy (non-hydrogen) atoms. The van der Waals surface area contributed by atoms with E-state index < -0.39 is 0 Å². The standard InChI is InChI=1S/C7H13N5O2/c1-5-10-7(12-14-5)4-9-3-2-6(8)11-13/h9,13H,2-4H2,1H3,(H2,8,11). The van der Waals surface area contributed by atoms with Crippen LogP contribution < -0.4 is 11.1 Å². The van der Waals surface area contributed by atoms with Gasteiger partial charge >= 0.3 is 0 Å². The first kappa shape index (κ1) is 10.5. The molecule has 0 radical (unpaired) electrons. The highest BCUT2D eigenvalue weighted by Crippen LogP contribution is 1.93. The van der Waals surface area contributed by atoms with E-state index in [-0.39, 0.29) is 5.84 Å². The second-order valence-electron chi connectivity index (χ2n) is 2.75. The fourth-order valence-electron chi connectivity index (χ4n) is 0.880. The number of aryl methyl sites for hydroxylation is 1. The molecule has 0 amide bonds. The van der Waals surface area contributed by atoms with Crippen molar-refractivity contribution in [3.63, 3.8) is 0 Å². The van der Waals surface area contributed by atoms with Crippen LogP contribution in [0.15, 0.2) is 9.68 Å². The molecule has 0 unspecified atom stereocenters. The number of aromatic nitrogens is 2. The molecule has 0 spiro atoms. The van der Waals surface area contributed by atoms with Gasteiger partial charge in [-0.15, -0.1) is 0 Å². The number of hydrogen-bond acceptors (Lipinski definition) is 6. The Labute approximate surface area is 81.0 Å². The van der Waals surface area contributed by atoms with Gasteiger partial charge in [-0.1, -0.05) is 10.3 Å². The second kappa shape index (κ2) is 5.18. The SMILES string of the molecule is Cc1nc(CNCCC(N)=NO)no1. The van der Waals surface area contributed by atoms with E-state index in [9.17, 15) is 0 Å². The molecule has 0 saturated carbocycles. The minimum Gasteiger partial charge on any atom is -0.409 e. The van der Waals surface area contributed by atoms with Gasteiger partial charge in [-0.05, 0) is 0 Å². The molecule has 1 rings (SSSR count). The summed E-state index contributed by atoms with van der Waals surface area (Å²) in [5.74, 6) is 1.34. The van der Waals surface area contributed by atoms with Crippen molar-refractivity contribution in [3.8, 4) is 0 Å². The van der Waals surface area contributed by atoms with E-state index in [0.717, 1.165) is 0 Å². The third kappa shape index (κ3) is 3.40. The molecule has 1 aromatic rings. The minimum absolute atomic E-state index is 0.196. The topological polar surface area (TPSA) is 110 Å². The molecule has 0 aromatic carbocycles. The zero-order chi connectivity index (χ0) is 10.4. The summed E-state index contributed by atoms with van der Waals surface area (Å²) < 4.78 is 4.77. The number of hydrogen-bond donors (Lipinski definition) is 3. The molecule has 0 fully saturated rings. The highest BCUT2D eigenvalue weighted by Gasteiger charge is 2.00. The summed E-state index contributed by atoms with van der Waals surface area (Å²) >= 11 is 0. The first-order valence-corrected chi connectivity index (χ1v) is 4.18. The maximum atomic E-state index is 8.25. The van der Waals surface area contributed by atoms with Crippen LogP contribution in [0.4, 0.5) is 0 Å². The molecule has 4 N–H and O–H groups in total. The lowest BCUT2D eigenvalue weighted by Gasteiger charge is -1.99. The van der Waals surface area contributed by atoms with Gasteiger partial charge < -0.3 is 20.8 Å². The van der Waals surface area contributed by atoms with Gasteiger partial charge in [0.2, 0.25) is 5.89 Å². The molecule has 7 nitrogen and oxygen atoms in total. The van der Waals surface area contributed by atoms with Gasteiger partial charge in [-0.2, -0.15) is 4.98 Å². The number of rotatable bonds is 5. The largest absolute Gasteiger partial charge is 0.409 e. The molecule has 0 saturated heterocycles. The van der Waals surface area contributed by atoms with E-state index in [1.807, 2.05) is 0 Å². The third-order valence-electron chi connectivity index (χ3n) is 1.54. The maximum Gasteiger partial charge on any atom is 0.223 e. The van der Waals surface area contributed by atoms with Crippen molar-refractivity contribution in [2.45, 2.75) is 19.9 Å². The predicted molar refractivity (Wildman–Crippen MR) is 48.8 cm³/mol. The summed E-state index contributed by atoms with van der Waals surface area (Å²) in [5, 5.41) is 17.8. The molecule has 1 heterocycles. The summed E-state index contributed by atoms with van der Waals surface area (Å²) in [5.41, 5.74) is 5.27. The zero-order valence-corrected chi connectivity index (χ0v) is 7.90. The number of nitrogens with zero attached hydrogens (tertiary/aromatic N) is 3. The van der Waals surface area contributed by atoms with Crippen LogP contribution >= 0.6 is 0 Å². The van der Waals surface area contributed by atoms with Gasteiger partial charge in [-0.3, -0.25) is 0 Å². The number of nitrogens with two attached hydrogens (primary N) is 1. The Morgan fingerprint density at radius 1 is 1.71 bits per heavy atom. The molecule has 7 heteroatoms. The van der Waals surface area contributed by atoms with Crippen LogP contribution in [0.2, 0.25) is 0 Å². The number of nitrogens with one attached hydrogen (secondary N) is 1. The average molecular weight is 199 g/mol. The average Bonchev–Trinajstić information content (AvgIpc) is 2.58. The Morgan fingerprint density at radius 2 is 2.50 bits per heavy atom. The van der Waals surface area contributed by atoms with E-state index in [1.54, 1.807) is 6.92 Å². The van der Waals surface area contributed by atoms with Gasteiger partial charge in [0.1, 0.15) is 5.84 Å². The van der Waals surface area contributed by atoms with Gasteiger partial charge in [0.05, 0.1) is 6.54 Å². The molecular formula is C7H13N5O2. The lowest BCUT2D eigenvalue weighted by molar-refractivity contribution is 0.316. The van der Waals surface area contributed by atoms with E-state index in [0.29, 0.717) is 31.2 Å². The van der Waals surface area contributed by atoms with Crippen molar-refractivity contribution in [1.29, 1.82) is 0 Å². The van der Waals surface area contributed by atoms with E-state index in [1.165, 1.54) is 0 Å². The lowest BCUT2D eigenvalue weighted by atomic mass is 10.4. The summed E-state index contributed by atoms with van der Waals surface area (Å²) in [4.78, 5) is 4.00. The van der Waals surface area contributed by atoms with Gasteiger partial charge in [0.15, 0.2) is 5.82 Å². The first-order valence-electron chi connectivity index (χ1n) is 4.18. The van der Waals surface area contributed by atoms with Crippen molar-refractivity contribution in [2.24, 2.45) is 10.9 Å². The van der Waals surface area contributed by atoms with Crippen LogP contribution in [-0.2, 0) is 6.54 Å². The van der Waals surface area contributed by atoms with Crippen LogP contribution in [0.1, 0.15) is 18.1 Å². The van der Waals surface area contributed by atoms with Crippen molar-refractivity contribution in [1.82, 2.24) is 15.5 Å². The van der Waals surface area contributed by atoms with E-state index in [2.05, 4.69) is 20.6 Å². The van der Waals surface area contributed by atoms with Crippen LogP contribution in [0.25, 0.3) is 0 Å². The van der Waals surface area contributed by atoms with Crippen LogP contribution in [0, 0.1) is 6.92 Å². The Bertz CT molecular complexity index is 309. The van der Waals surface area contributed by atoms with Gasteiger partial charge in [-0.25, -0.2) is 0 Å². The Balaban J connectivity index is 2.16. The van der Waals surface area contributed by atoms with Crippen molar-refractivity contribution in [2.75, 3.05) is 6.54 Å². The number of amidine groups is 1. The predicted octanol–water partition coefficient (Wildman–Crippen LogP) is -0.396. The second-order valence-corrected chi connectivity index (χ2v) is 2.75. The monoisotopic (exact) mass is 199 g/mol. The highest BCUT2D eigenvalue weighted by atomic mass is 16.5. The van der Waals surface area contributed by atoms with Crippen molar-refractivity contribution >= 4 is 5.84 Å².